The molecule has 2 bridgehead atoms. The van der Waals surface area contributed by atoms with E-state index in [1.807, 2.05) is 19.9 Å². The Hall–Kier alpha value is -1.66. The first-order valence-corrected chi connectivity index (χ1v) is 8.64. The van der Waals surface area contributed by atoms with E-state index in [0.29, 0.717) is 12.0 Å². The van der Waals surface area contributed by atoms with Crippen LogP contribution in [0, 0.1) is 10.8 Å². The summed E-state index contributed by atoms with van der Waals surface area (Å²) < 4.78 is 17.1. The lowest BCUT2D eigenvalue weighted by molar-refractivity contribution is -0.183. The van der Waals surface area contributed by atoms with E-state index in [1.54, 1.807) is 0 Å². The van der Waals surface area contributed by atoms with Crippen LogP contribution in [0.5, 0.6) is 0 Å². The molecule has 2 fully saturated rings. The van der Waals surface area contributed by atoms with Gasteiger partial charge in [-0.25, -0.2) is 0 Å². The van der Waals surface area contributed by atoms with Gasteiger partial charge in [-0.3, -0.25) is 9.59 Å². The van der Waals surface area contributed by atoms with Gasteiger partial charge in [0.15, 0.2) is 0 Å². The first-order valence-electron chi connectivity index (χ1n) is 8.64. The summed E-state index contributed by atoms with van der Waals surface area (Å²) in [6, 6.07) is 0. The average molecular weight is 350 g/mol. The number of rotatable bonds is 3. The maximum Gasteiger partial charge on any atom is 0.303 e. The second-order valence-corrected chi connectivity index (χ2v) is 7.67. The Balaban J connectivity index is 2.12. The van der Waals surface area contributed by atoms with Crippen molar-refractivity contribution in [2.45, 2.75) is 65.0 Å². The number of allylic oxidation sites excluding steroid dienone is 1. The van der Waals surface area contributed by atoms with Crippen molar-refractivity contribution < 1.29 is 28.9 Å². The summed E-state index contributed by atoms with van der Waals surface area (Å²) in [6.45, 7) is 11.0. The molecule has 1 saturated heterocycles. The van der Waals surface area contributed by atoms with Crippen molar-refractivity contribution in [3.05, 3.63) is 23.8 Å². The summed E-state index contributed by atoms with van der Waals surface area (Å²) >= 11 is 0. The third-order valence-electron chi connectivity index (χ3n) is 6.30. The van der Waals surface area contributed by atoms with Gasteiger partial charge in [-0.1, -0.05) is 25.2 Å². The summed E-state index contributed by atoms with van der Waals surface area (Å²) in [4.78, 5) is 23.2. The highest BCUT2D eigenvalue weighted by Crippen LogP contribution is 2.65. The monoisotopic (exact) mass is 350 g/mol. The van der Waals surface area contributed by atoms with Crippen LogP contribution in [0.15, 0.2) is 23.8 Å². The molecule has 3 rings (SSSR count). The summed E-state index contributed by atoms with van der Waals surface area (Å²) in [7, 11) is 0. The second kappa shape index (κ2) is 5.95. The van der Waals surface area contributed by atoms with Gasteiger partial charge in [-0.05, 0) is 25.3 Å². The van der Waals surface area contributed by atoms with Gasteiger partial charge in [0.05, 0.1) is 6.10 Å². The molecule has 3 aliphatic rings. The van der Waals surface area contributed by atoms with Crippen LogP contribution in [0.1, 0.15) is 40.5 Å². The van der Waals surface area contributed by atoms with Crippen LogP contribution in [0.2, 0.25) is 0 Å². The Morgan fingerprint density at radius 1 is 1.40 bits per heavy atom. The first-order chi connectivity index (χ1) is 11.6. The molecule has 0 radical (unpaired) electrons. The summed E-state index contributed by atoms with van der Waals surface area (Å²) in [6.07, 6.45) is 0.832. The van der Waals surface area contributed by atoms with Gasteiger partial charge < -0.3 is 19.3 Å². The Bertz CT molecular complexity index is 652. The molecule has 6 nitrogen and oxygen atoms in total. The minimum absolute atomic E-state index is 0.128. The zero-order valence-electron chi connectivity index (χ0n) is 15.2. The standard InChI is InChI=1S/C19H26O6/c1-10-6-7-19(9-23-12(3)20)14(8-10)25-16-11(2)18(19,5)17(15(16)22)24-13(4)21/h8,14-17,22H,2,6-7,9H2,1,3-5H3/t14?,15-,16?,17+,18+,19+/m0/s1. The molecule has 0 aromatic rings. The molecule has 0 aromatic heterocycles. The van der Waals surface area contributed by atoms with Gasteiger partial charge in [0.1, 0.15) is 24.9 Å². The number of carbonyl (C=O) groups is 2. The number of hydrogen-bond acceptors (Lipinski definition) is 6. The fourth-order valence-corrected chi connectivity index (χ4v) is 4.80. The highest BCUT2D eigenvalue weighted by atomic mass is 16.6. The van der Waals surface area contributed by atoms with E-state index < -0.39 is 35.1 Å². The van der Waals surface area contributed by atoms with Crippen LogP contribution in [0.25, 0.3) is 0 Å². The topological polar surface area (TPSA) is 82.1 Å². The largest absolute Gasteiger partial charge is 0.465 e. The fraction of sp³-hybridized carbons (Fsp3) is 0.684. The number of aliphatic hydroxyl groups excluding tert-OH is 1. The quantitative estimate of drug-likeness (QED) is 0.618. The van der Waals surface area contributed by atoms with Crippen molar-refractivity contribution in [3.8, 4) is 0 Å². The van der Waals surface area contributed by atoms with Crippen LogP contribution in [0.3, 0.4) is 0 Å². The lowest BCUT2D eigenvalue weighted by atomic mass is 9.53. The molecule has 2 aliphatic carbocycles. The SMILES string of the molecule is C=C1C2OC3C=C(C)CC[C@]3(COC(C)=O)[C@@]1(C)[C@H](OC(C)=O)[C@H]2O. The van der Waals surface area contributed by atoms with Crippen LogP contribution >= 0.6 is 0 Å². The molecule has 25 heavy (non-hydrogen) atoms. The lowest BCUT2D eigenvalue weighted by Crippen LogP contribution is -2.60. The third-order valence-corrected chi connectivity index (χ3v) is 6.30. The molecular formula is C19H26O6. The van der Waals surface area contributed by atoms with Crippen molar-refractivity contribution >= 4 is 11.9 Å². The number of esters is 2. The summed E-state index contributed by atoms with van der Waals surface area (Å²) in [5.74, 6) is -0.842. The number of carbonyl (C=O) groups excluding carboxylic acids is 2. The molecule has 138 valence electrons. The normalized spacial score (nSPS) is 42.4. The molecule has 1 aliphatic heterocycles. The number of aliphatic hydroxyl groups is 1. The molecule has 1 saturated carbocycles. The van der Waals surface area contributed by atoms with Crippen LogP contribution < -0.4 is 0 Å². The highest BCUT2D eigenvalue weighted by molar-refractivity contribution is 5.67. The summed E-state index contributed by atoms with van der Waals surface area (Å²) in [5.41, 5.74) is 0.502. The minimum Gasteiger partial charge on any atom is -0.465 e. The van der Waals surface area contributed by atoms with Gasteiger partial charge >= 0.3 is 11.9 Å². The Morgan fingerprint density at radius 3 is 2.68 bits per heavy atom. The Kier molecular flexibility index (Phi) is 4.32. The molecule has 1 N–H and O–H groups in total. The highest BCUT2D eigenvalue weighted by Gasteiger charge is 2.71. The van der Waals surface area contributed by atoms with Crippen molar-refractivity contribution in [1.29, 1.82) is 0 Å². The van der Waals surface area contributed by atoms with Crippen molar-refractivity contribution in [2.24, 2.45) is 10.8 Å². The third kappa shape index (κ3) is 2.46. The molecule has 0 spiro atoms. The molecule has 6 heteroatoms. The van der Waals surface area contributed by atoms with Crippen molar-refractivity contribution in [2.75, 3.05) is 6.61 Å². The van der Waals surface area contributed by atoms with Gasteiger partial charge in [0, 0.05) is 24.7 Å². The van der Waals surface area contributed by atoms with Gasteiger partial charge in [-0.15, -0.1) is 0 Å². The molecular weight excluding hydrogens is 324 g/mol. The van der Waals surface area contributed by atoms with E-state index in [9.17, 15) is 14.7 Å². The van der Waals surface area contributed by atoms with Gasteiger partial charge in [0.2, 0.25) is 0 Å². The van der Waals surface area contributed by atoms with Gasteiger partial charge in [-0.2, -0.15) is 0 Å². The predicted molar refractivity (Wildman–Crippen MR) is 89.5 cm³/mol. The van der Waals surface area contributed by atoms with Crippen LogP contribution in [-0.2, 0) is 23.8 Å². The Morgan fingerprint density at radius 2 is 2.08 bits per heavy atom. The van der Waals surface area contributed by atoms with E-state index in [2.05, 4.69) is 6.58 Å². The average Bonchev–Trinajstić information content (AvgIpc) is 2.65. The second-order valence-electron chi connectivity index (χ2n) is 7.67. The maximum absolute atomic E-state index is 11.7. The number of ether oxygens (including phenoxy) is 3. The lowest BCUT2D eigenvalue weighted by Gasteiger charge is -2.56. The minimum atomic E-state index is -0.991. The molecule has 1 heterocycles. The van der Waals surface area contributed by atoms with Crippen molar-refractivity contribution in [3.63, 3.8) is 0 Å². The smallest absolute Gasteiger partial charge is 0.303 e. The predicted octanol–water partition coefficient (Wildman–Crippen LogP) is 1.91. The van der Waals surface area contributed by atoms with Crippen LogP contribution in [-0.4, -0.2) is 48.1 Å². The van der Waals surface area contributed by atoms with E-state index in [0.717, 1.165) is 6.42 Å². The van der Waals surface area contributed by atoms with E-state index >= 15 is 0 Å². The first kappa shape index (κ1) is 18.1. The Labute approximate surface area is 147 Å². The molecule has 2 unspecified atom stereocenters. The zero-order chi connectivity index (χ0) is 18.6. The van der Waals surface area contributed by atoms with Gasteiger partial charge in [0.25, 0.3) is 0 Å². The zero-order valence-corrected chi connectivity index (χ0v) is 15.2. The van der Waals surface area contributed by atoms with Crippen LogP contribution in [0.4, 0.5) is 0 Å². The molecule has 0 amide bonds. The van der Waals surface area contributed by atoms with Crippen molar-refractivity contribution in [1.82, 2.24) is 0 Å². The van der Waals surface area contributed by atoms with E-state index in [4.69, 9.17) is 14.2 Å². The van der Waals surface area contributed by atoms with E-state index in [-0.39, 0.29) is 18.7 Å². The van der Waals surface area contributed by atoms with E-state index in [1.165, 1.54) is 19.4 Å². The summed E-state index contributed by atoms with van der Waals surface area (Å²) in [5, 5.41) is 10.8. The number of hydrogen-bond donors (Lipinski definition) is 1. The molecule has 0 aromatic carbocycles. The number of fused-ring (bicyclic) bond motifs is 4. The maximum atomic E-state index is 11.7. The fourth-order valence-electron chi connectivity index (χ4n) is 4.80. The molecule has 6 atom stereocenters.